The largest absolute Gasteiger partial charge is 0.419 e. The van der Waals surface area contributed by atoms with E-state index >= 15 is 0 Å². The van der Waals surface area contributed by atoms with Crippen molar-refractivity contribution in [2.45, 2.75) is 58.5 Å². The summed E-state index contributed by atoms with van der Waals surface area (Å²) in [6.07, 6.45) is 5.40. The van der Waals surface area contributed by atoms with Gasteiger partial charge >= 0.3 is 0 Å². The summed E-state index contributed by atoms with van der Waals surface area (Å²) in [5, 5.41) is 8.87. The maximum atomic E-state index is 12.9. The van der Waals surface area contributed by atoms with Gasteiger partial charge < -0.3 is 9.32 Å². The van der Waals surface area contributed by atoms with Crippen molar-refractivity contribution < 1.29 is 9.21 Å². The first kappa shape index (κ1) is 20.8. The molecule has 6 nitrogen and oxygen atoms in total. The smallest absolute Gasteiger partial charge is 0.249 e. The van der Waals surface area contributed by atoms with Gasteiger partial charge in [0.15, 0.2) is 0 Å². The number of piperidine rings is 1. The van der Waals surface area contributed by atoms with Crippen molar-refractivity contribution >= 4 is 17.5 Å². The van der Waals surface area contributed by atoms with Gasteiger partial charge in [-0.15, -0.1) is 10.2 Å². The van der Waals surface area contributed by atoms with Crippen LogP contribution in [0.1, 0.15) is 51.8 Å². The zero-order chi connectivity index (χ0) is 19.9. The summed E-state index contributed by atoms with van der Waals surface area (Å²) in [4.78, 5) is 17.1. The minimum absolute atomic E-state index is 0.200. The molecule has 0 aliphatic carbocycles. The molecule has 0 N–H and O–H groups in total. The Hall–Kier alpha value is -1.92. The Labute approximate surface area is 171 Å². The van der Waals surface area contributed by atoms with Crippen LogP contribution < -0.4 is 0 Å². The summed E-state index contributed by atoms with van der Waals surface area (Å²) in [6, 6.07) is 7.78. The maximum absolute atomic E-state index is 12.9. The number of amides is 1. The molecule has 7 heteroatoms. The number of carbonyl (C=O) groups is 1. The zero-order valence-electron chi connectivity index (χ0n) is 16.7. The summed E-state index contributed by atoms with van der Waals surface area (Å²) >= 11 is 6.22. The van der Waals surface area contributed by atoms with Crippen LogP contribution in [0.5, 0.6) is 0 Å². The Kier molecular flexibility index (Phi) is 7.45. The second kappa shape index (κ2) is 10.0. The maximum Gasteiger partial charge on any atom is 0.249 e. The quantitative estimate of drug-likeness (QED) is 0.652. The number of likely N-dealkylation sites (tertiary alicyclic amines) is 1. The first-order chi connectivity index (χ1) is 13.6. The molecule has 152 valence electrons. The van der Waals surface area contributed by atoms with Crippen LogP contribution in [-0.2, 0) is 11.3 Å². The van der Waals surface area contributed by atoms with Gasteiger partial charge in [0.2, 0.25) is 17.7 Å². The summed E-state index contributed by atoms with van der Waals surface area (Å²) < 4.78 is 5.82. The van der Waals surface area contributed by atoms with Crippen molar-refractivity contribution in [3.05, 3.63) is 35.2 Å². The summed E-state index contributed by atoms with van der Waals surface area (Å²) in [6.45, 7) is 6.79. The van der Waals surface area contributed by atoms with E-state index in [1.54, 1.807) is 6.07 Å². The molecular weight excluding hydrogens is 376 g/mol. The van der Waals surface area contributed by atoms with E-state index in [1.165, 1.54) is 6.42 Å². The molecule has 1 aromatic carbocycles. The predicted molar refractivity (Wildman–Crippen MR) is 110 cm³/mol. The van der Waals surface area contributed by atoms with Crippen LogP contribution in [-0.4, -0.2) is 51.6 Å². The summed E-state index contributed by atoms with van der Waals surface area (Å²) in [5.74, 6) is 1.11. The highest BCUT2D eigenvalue weighted by molar-refractivity contribution is 6.33. The summed E-state index contributed by atoms with van der Waals surface area (Å²) in [7, 11) is 0. The van der Waals surface area contributed by atoms with Gasteiger partial charge in [0.25, 0.3) is 0 Å². The number of halogens is 1. The fourth-order valence-corrected chi connectivity index (χ4v) is 4.03. The van der Waals surface area contributed by atoms with Crippen LogP contribution in [0.2, 0.25) is 5.02 Å². The average Bonchev–Trinajstić information content (AvgIpc) is 3.16. The van der Waals surface area contributed by atoms with E-state index in [0.717, 1.165) is 44.3 Å². The molecule has 1 atom stereocenters. The van der Waals surface area contributed by atoms with E-state index < -0.39 is 0 Å². The third kappa shape index (κ3) is 5.11. The van der Waals surface area contributed by atoms with E-state index in [1.807, 2.05) is 18.2 Å². The summed E-state index contributed by atoms with van der Waals surface area (Å²) in [5.41, 5.74) is 0.722. The van der Waals surface area contributed by atoms with Gasteiger partial charge in [-0.05, 0) is 50.8 Å². The molecule has 0 bridgehead atoms. The van der Waals surface area contributed by atoms with Crippen LogP contribution >= 0.6 is 11.6 Å². The van der Waals surface area contributed by atoms with E-state index in [2.05, 4.69) is 33.8 Å². The lowest BCUT2D eigenvalue weighted by atomic mass is 10.00. The number of aromatic nitrogens is 2. The number of rotatable bonds is 8. The van der Waals surface area contributed by atoms with Crippen molar-refractivity contribution in [3.8, 4) is 11.5 Å². The lowest BCUT2D eigenvalue weighted by molar-refractivity contribution is -0.136. The van der Waals surface area contributed by atoms with Gasteiger partial charge in [-0.3, -0.25) is 9.69 Å². The topological polar surface area (TPSA) is 62.5 Å². The number of benzene rings is 1. The average molecular weight is 405 g/mol. The molecule has 2 heterocycles. The van der Waals surface area contributed by atoms with Gasteiger partial charge in [-0.2, -0.15) is 0 Å². The molecule has 2 aromatic rings. The number of carbonyl (C=O) groups excluding carboxylic acids is 1. The third-order valence-corrected chi connectivity index (χ3v) is 5.58. The fraction of sp³-hybridized carbons (Fsp3) is 0.571. The number of hydrogen-bond donors (Lipinski definition) is 0. The van der Waals surface area contributed by atoms with Crippen molar-refractivity contribution in [2.75, 3.05) is 19.6 Å². The van der Waals surface area contributed by atoms with Crippen molar-refractivity contribution in [1.29, 1.82) is 0 Å². The minimum atomic E-state index is 0.200. The Morgan fingerprint density at radius 2 is 2.11 bits per heavy atom. The Bertz CT molecular complexity index is 779. The van der Waals surface area contributed by atoms with E-state index in [9.17, 15) is 4.79 Å². The highest BCUT2D eigenvalue weighted by atomic mass is 35.5. The van der Waals surface area contributed by atoms with Crippen LogP contribution in [0.15, 0.2) is 28.7 Å². The first-order valence-electron chi connectivity index (χ1n) is 10.2. The van der Waals surface area contributed by atoms with E-state index in [0.29, 0.717) is 35.9 Å². The molecule has 3 rings (SSSR count). The van der Waals surface area contributed by atoms with Crippen LogP contribution in [0.4, 0.5) is 0 Å². The molecule has 0 spiro atoms. The van der Waals surface area contributed by atoms with Gasteiger partial charge in [0, 0.05) is 12.6 Å². The molecule has 1 amide bonds. The van der Waals surface area contributed by atoms with Gasteiger partial charge in [-0.25, -0.2) is 0 Å². The molecule has 28 heavy (non-hydrogen) atoms. The molecule has 1 aromatic heterocycles. The molecule has 0 radical (unpaired) electrons. The van der Waals surface area contributed by atoms with E-state index in [4.69, 9.17) is 16.0 Å². The molecule has 1 aliphatic rings. The van der Waals surface area contributed by atoms with Gasteiger partial charge in [0.1, 0.15) is 0 Å². The Morgan fingerprint density at radius 3 is 2.86 bits per heavy atom. The van der Waals surface area contributed by atoms with Crippen molar-refractivity contribution in [2.24, 2.45) is 0 Å². The standard InChI is InChI=1S/C21H29ClN4O2/c1-3-12-25(15-20(27)26-13-8-7-9-16(26)4-2)14-19-23-24-21(28-19)17-10-5-6-11-18(17)22/h5-6,10-11,16H,3-4,7-9,12-15H2,1-2H3. The molecule has 1 unspecified atom stereocenters. The normalized spacial score (nSPS) is 17.3. The lowest BCUT2D eigenvalue weighted by Gasteiger charge is -2.36. The monoisotopic (exact) mass is 404 g/mol. The van der Waals surface area contributed by atoms with Crippen molar-refractivity contribution in [3.63, 3.8) is 0 Å². The first-order valence-corrected chi connectivity index (χ1v) is 10.6. The van der Waals surface area contributed by atoms with Crippen LogP contribution in [0.3, 0.4) is 0 Å². The van der Waals surface area contributed by atoms with Crippen LogP contribution in [0, 0.1) is 0 Å². The van der Waals surface area contributed by atoms with Crippen molar-refractivity contribution in [1.82, 2.24) is 20.0 Å². The minimum Gasteiger partial charge on any atom is -0.419 e. The lowest BCUT2D eigenvalue weighted by Crippen LogP contribution is -2.47. The third-order valence-electron chi connectivity index (χ3n) is 5.25. The highest BCUT2D eigenvalue weighted by Gasteiger charge is 2.27. The molecule has 1 aliphatic heterocycles. The number of nitrogens with zero attached hydrogens (tertiary/aromatic N) is 4. The molecule has 1 fully saturated rings. The second-order valence-corrected chi connectivity index (χ2v) is 7.74. The van der Waals surface area contributed by atoms with Crippen LogP contribution in [0.25, 0.3) is 11.5 Å². The molecule has 0 saturated carbocycles. The Morgan fingerprint density at radius 1 is 1.29 bits per heavy atom. The molecule has 1 saturated heterocycles. The second-order valence-electron chi connectivity index (χ2n) is 7.34. The Balaban J connectivity index is 1.66. The SMILES string of the molecule is CCCN(CC(=O)N1CCCCC1CC)Cc1nnc(-c2ccccc2Cl)o1. The predicted octanol–water partition coefficient (Wildman–Crippen LogP) is 4.39. The van der Waals surface area contributed by atoms with E-state index in [-0.39, 0.29) is 5.91 Å². The highest BCUT2D eigenvalue weighted by Crippen LogP contribution is 2.26. The fourth-order valence-electron chi connectivity index (χ4n) is 3.82. The van der Waals surface area contributed by atoms with Gasteiger partial charge in [-0.1, -0.05) is 37.6 Å². The zero-order valence-corrected chi connectivity index (χ0v) is 17.5. The van der Waals surface area contributed by atoms with Gasteiger partial charge in [0.05, 0.1) is 23.7 Å². The number of hydrogen-bond acceptors (Lipinski definition) is 5. The molecular formula is C21H29ClN4O2.